The van der Waals surface area contributed by atoms with E-state index in [0.29, 0.717) is 0 Å². The van der Waals surface area contributed by atoms with Crippen LogP contribution in [0, 0.1) is 6.92 Å². The second-order valence-corrected chi connectivity index (χ2v) is 4.69. The first-order valence-corrected chi connectivity index (χ1v) is 6.23. The van der Waals surface area contributed by atoms with Gasteiger partial charge in [0, 0.05) is 17.0 Å². The summed E-state index contributed by atoms with van der Waals surface area (Å²) in [5, 5.41) is 8.44. The molecule has 0 atom stereocenters. The summed E-state index contributed by atoms with van der Waals surface area (Å²) in [5.41, 5.74) is 1.03. The van der Waals surface area contributed by atoms with Gasteiger partial charge in [-0.15, -0.1) is 11.3 Å². The molecule has 0 unspecified atom stereocenters. The van der Waals surface area contributed by atoms with Crippen LogP contribution < -0.4 is 5.32 Å². The highest BCUT2D eigenvalue weighted by Gasteiger charge is 2.01. The number of hydrogen-bond acceptors (Lipinski definition) is 4. The van der Waals surface area contributed by atoms with Crippen LogP contribution in [0.25, 0.3) is 10.8 Å². The Balaban J connectivity index is 1.95. The molecule has 4 heteroatoms. The van der Waals surface area contributed by atoms with Crippen LogP contribution in [0.15, 0.2) is 41.9 Å². The van der Waals surface area contributed by atoms with Gasteiger partial charge in [-0.1, -0.05) is 24.3 Å². The molecule has 0 aliphatic carbocycles. The maximum Gasteiger partial charge on any atom is 0.188 e. The van der Waals surface area contributed by atoms with Crippen molar-refractivity contribution in [1.82, 2.24) is 9.97 Å². The van der Waals surface area contributed by atoms with Crippen LogP contribution in [-0.4, -0.2) is 9.97 Å². The van der Waals surface area contributed by atoms with Crippen molar-refractivity contribution in [3.63, 3.8) is 0 Å². The number of pyridine rings is 1. The normalized spacial score (nSPS) is 10.6. The highest BCUT2D eigenvalue weighted by molar-refractivity contribution is 7.13. The summed E-state index contributed by atoms with van der Waals surface area (Å²) in [4.78, 5) is 8.72. The maximum atomic E-state index is 4.37. The van der Waals surface area contributed by atoms with Crippen molar-refractivity contribution in [3.05, 3.63) is 47.6 Å². The molecule has 1 N–H and O–H groups in total. The lowest BCUT2D eigenvalue weighted by Crippen LogP contribution is -1.92. The molecule has 0 amide bonds. The Kier molecular flexibility index (Phi) is 2.49. The van der Waals surface area contributed by atoms with E-state index < -0.39 is 0 Å². The van der Waals surface area contributed by atoms with E-state index in [1.165, 1.54) is 5.39 Å². The summed E-state index contributed by atoms with van der Waals surface area (Å²) in [6.07, 6.45) is 1.87. The molecular formula is C13H11N3S. The summed E-state index contributed by atoms with van der Waals surface area (Å²) in [5.74, 6) is 0.832. The molecule has 0 aliphatic rings. The summed E-state index contributed by atoms with van der Waals surface area (Å²) < 4.78 is 0. The smallest absolute Gasteiger partial charge is 0.188 e. The standard InChI is InChI=1S/C13H11N3S/c1-9-8-17-13(15-9)16-12-6-10-4-2-3-5-11(10)7-14-12/h2-8H,1H3,(H,14,15,16). The van der Waals surface area contributed by atoms with Gasteiger partial charge in [0.15, 0.2) is 5.13 Å². The van der Waals surface area contributed by atoms with Crippen molar-refractivity contribution >= 4 is 33.1 Å². The molecule has 2 heterocycles. The van der Waals surface area contributed by atoms with Gasteiger partial charge in [-0.25, -0.2) is 9.97 Å². The molecule has 84 valence electrons. The maximum absolute atomic E-state index is 4.37. The van der Waals surface area contributed by atoms with E-state index in [1.807, 2.05) is 36.7 Å². The SMILES string of the molecule is Cc1csc(Nc2cc3ccccc3cn2)n1. The Morgan fingerprint density at radius 2 is 2.00 bits per heavy atom. The third kappa shape index (κ3) is 2.12. The molecule has 17 heavy (non-hydrogen) atoms. The van der Waals surface area contributed by atoms with Crippen LogP contribution in [-0.2, 0) is 0 Å². The van der Waals surface area contributed by atoms with Crippen LogP contribution in [0.4, 0.5) is 10.9 Å². The zero-order valence-electron chi connectivity index (χ0n) is 9.34. The summed E-state index contributed by atoms with van der Waals surface area (Å²) in [6, 6.07) is 10.2. The van der Waals surface area contributed by atoms with E-state index in [2.05, 4.69) is 27.4 Å². The predicted octanol–water partition coefficient (Wildman–Crippen LogP) is 3.74. The minimum atomic E-state index is 0.832. The average molecular weight is 241 g/mol. The zero-order valence-corrected chi connectivity index (χ0v) is 10.2. The minimum absolute atomic E-state index is 0.832. The number of nitrogens with zero attached hydrogens (tertiary/aromatic N) is 2. The molecule has 0 radical (unpaired) electrons. The number of benzene rings is 1. The van der Waals surface area contributed by atoms with Crippen LogP contribution in [0.3, 0.4) is 0 Å². The molecule has 0 bridgehead atoms. The Labute approximate surface area is 103 Å². The molecule has 1 aromatic carbocycles. The van der Waals surface area contributed by atoms with E-state index in [-0.39, 0.29) is 0 Å². The Morgan fingerprint density at radius 3 is 2.76 bits per heavy atom. The lowest BCUT2D eigenvalue weighted by Gasteiger charge is -2.03. The molecule has 3 aromatic rings. The first kappa shape index (κ1) is 10.2. The van der Waals surface area contributed by atoms with Gasteiger partial charge < -0.3 is 5.32 Å². The van der Waals surface area contributed by atoms with E-state index in [1.54, 1.807) is 11.3 Å². The van der Waals surface area contributed by atoms with Gasteiger partial charge in [0.25, 0.3) is 0 Å². The molecule has 0 saturated heterocycles. The summed E-state index contributed by atoms with van der Waals surface area (Å²) in [7, 11) is 0. The van der Waals surface area contributed by atoms with E-state index >= 15 is 0 Å². The second kappa shape index (κ2) is 4.14. The Hall–Kier alpha value is -1.94. The third-order valence-electron chi connectivity index (χ3n) is 2.48. The summed E-state index contributed by atoms with van der Waals surface area (Å²) in [6.45, 7) is 1.98. The lowest BCUT2D eigenvalue weighted by atomic mass is 10.2. The van der Waals surface area contributed by atoms with E-state index in [9.17, 15) is 0 Å². The van der Waals surface area contributed by atoms with Crippen LogP contribution >= 0.6 is 11.3 Å². The molecule has 2 aromatic heterocycles. The fraction of sp³-hybridized carbons (Fsp3) is 0.0769. The molecular weight excluding hydrogens is 230 g/mol. The van der Waals surface area contributed by atoms with E-state index in [4.69, 9.17) is 0 Å². The summed E-state index contributed by atoms with van der Waals surface area (Å²) >= 11 is 1.59. The van der Waals surface area contributed by atoms with Gasteiger partial charge in [0.2, 0.25) is 0 Å². The highest BCUT2D eigenvalue weighted by Crippen LogP contribution is 2.22. The molecule has 0 aliphatic heterocycles. The number of nitrogens with one attached hydrogen (secondary N) is 1. The van der Waals surface area contributed by atoms with Crippen molar-refractivity contribution in [3.8, 4) is 0 Å². The topological polar surface area (TPSA) is 37.8 Å². The van der Waals surface area contributed by atoms with Gasteiger partial charge in [-0.3, -0.25) is 0 Å². The quantitative estimate of drug-likeness (QED) is 0.742. The van der Waals surface area contributed by atoms with Gasteiger partial charge >= 0.3 is 0 Å². The predicted molar refractivity (Wildman–Crippen MR) is 71.9 cm³/mol. The number of thiazole rings is 1. The largest absolute Gasteiger partial charge is 0.316 e. The highest BCUT2D eigenvalue weighted by atomic mass is 32.1. The fourth-order valence-corrected chi connectivity index (χ4v) is 2.37. The van der Waals surface area contributed by atoms with Crippen molar-refractivity contribution in [2.75, 3.05) is 5.32 Å². The average Bonchev–Trinajstić information content (AvgIpc) is 2.75. The fourth-order valence-electron chi connectivity index (χ4n) is 1.67. The van der Waals surface area contributed by atoms with Gasteiger partial charge in [0.1, 0.15) is 5.82 Å². The number of hydrogen-bond donors (Lipinski definition) is 1. The molecule has 3 nitrogen and oxygen atoms in total. The number of anilines is 2. The van der Waals surface area contributed by atoms with Gasteiger partial charge in [0.05, 0.1) is 5.69 Å². The first-order valence-electron chi connectivity index (χ1n) is 5.35. The minimum Gasteiger partial charge on any atom is -0.316 e. The zero-order chi connectivity index (χ0) is 11.7. The number of fused-ring (bicyclic) bond motifs is 1. The van der Waals surface area contributed by atoms with Crippen LogP contribution in [0.2, 0.25) is 0 Å². The molecule has 0 spiro atoms. The number of aryl methyl sites for hydroxylation is 1. The second-order valence-electron chi connectivity index (χ2n) is 3.84. The molecule has 0 fully saturated rings. The molecule has 3 rings (SSSR count). The Bertz CT molecular complexity index is 660. The van der Waals surface area contributed by atoms with E-state index in [0.717, 1.165) is 22.0 Å². The monoisotopic (exact) mass is 241 g/mol. The Morgan fingerprint density at radius 1 is 1.18 bits per heavy atom. The van der Waals surface area contributed by atoms with Crippen LogP contribution in [0.1, 0.15) is 5.69 Å². The number of rotatable bonds is 2. The lowest BCUT2D eigenvalue weighted by molar-refractivity contribution is 1.24. The first-order chi connectivity index (χ1) is 8.31. The molecule has 0 saturated carbocycles. The third-order valence-corrected chi connectivity index (χ3v) is 3.36. The van der Waals surface area contributed by atoms with Crippen molar-refractivity contribution in [1.29, 1.82) is 0 Å². The van der Waals surface area contributed by atoms with Crippen molar-refractivity contribution < 1.29 is 0 Å². The number of aromatic nitrogens is 2. The van der Waals surface area contributed by atoms with Crippen LogP contribution in [0.5, 0.6) is 0 Å². The van der Waals surface area contributed by atoms with Gasteiger partial charge in [-0.2, -0.15) is 0 Å². The van der Waals surface area contributed by atoms with Crippen molar-refractivity contribution in [2.24, 2.45) is 0 Å². The van der Waals surface area contributed by atoms with Gasteiger partial charge in [-0.05, 0) is 18.4 Å². The van der Waals surface area contributed by atoms with Crippen molar-refractivity contribution in [2.45, 2.75) is 6.92 Å².